The second-order valence-electron chi connectivity index (χ2n) is 5.25. The Morgan fingerprint density at radius 3 is 3.00 bits per heavy atom. The molecular formula is C15H25ClN2OS. The van der Waals surface area contributed by atoms with Gasteiger partial charge in [0, 0.05) is 23.9 Å². The topological polar surface area (TPSA) is 46.3 Å². The van der Waals surface area contributed by atoms with Gasteiger partial charge in [-0.2, -0.15) is 0 Å². The van der Waals surface area contributed by atoms with Crippen LogP contribution in [0.5, 0.6) is 0 Å². The minimum absolute atomic E-state index is 0. The average molecular weight is 317 g/mol. The maximum Gasteiger partial charge on any atom is 0.222 e. The van der Waals surface area contributed by atoms with Crippen LogP contribution in [0.3, 0.4) is 0 Å². The van der Waals surface area contributed by atoms with Crippen LogP contribution in [0.25, 0.3) is 0 Å². The molecule has 20 heavy (non-hydrogen) atoms. The smallest absolute Gasteiger partial charge is 0.222 e. The van der Waals surface area contributed by atoms with E-state index in [4.69, 9.17) is 5.73 Å². The molecule has 2 rings (SSSR count). The van der Waals surface area contributed by atoms with E-state index in [1.807, 2.05) is 0 Å². The van der Waals surface area contributed by atoms with Crippen molar-refractivity contribution in [3.8, 4) is 0 Å². The zero-order valence-electron chi connectivity index (χ0n) is 11.9. The molecule has 1 aromatic heterocycles. The third-order valence-electron chi connectivity index (χ3n) is 3.84. The SMILES string of the molecule is Cl.NCCC1CCCCN1C(=O)CCCc1cccs1. The van der Waals surface area contributed by atoms with Crippen molar-refractivity contribution >= 4 is 29.7 Å². The van der Waals surface area contributed by atoms with Crippen molar-refractivity contribution in [2.45, 2.75) is 51.0 Å². The van der Waals surface area contributed by atoms with Crippen molar-refractivity contribution < 1.29 is 4.79 Å². The lowest BCUT2D eigenvalue weighted by Gasteiger charge is -2.35. The monoisotopic (exact) mass is 316 g/mol. The summed E-state index contributed by atoms with van der Waals surface area (Å²) in [5.74, 6) is 0.328. The zero-order chi connectivity index (χ0) is 13.5. The first-order valence-corrected chi connectivity index (χ1v) is 8.21. The Kier molecular flexibility index (Phi) is 8.19. The van der Waals surface area contributed by atoms with Gasteiger partial charge in [-0.25, -0.2) is 0 Å². The third kappa shape index (κ3) is 5.08. The van der Waals surface area contributed by atoms with E-state index < -0.39 is 0 Å². The fourth-order valence-corrected chi connectivity index (χ4v) is 3.58. The number of carbonyl (C=O) groups excluding carboxylic acids is 1. The molecule has 5 heteroatoms. The molecule has 1 aromatic rings. The van der Waals surface area contributed by atoms with E-state index in [9.17, 15) is 4.79 Å². The van der Waals surface area contributed by atoms with Crippen LogP contribution >= 0.6 is 23.7 Å². The highest BCUT2D eigenvalue weighted by atomic mass is 35.5. The molecule has 1 aliphatic heterocycles. The van der Waals surface area contributed by atoms with Crippen LogP contribution < -0.4 is 5.73 Å². The van der Waals surface area contributed by atoms with Crippen LogP contribution in [0.15, 0.2) is 17.5 Å². The normalized spacial score (nSPS) is 18.6. The molecule has 0 aromatic carbocycles. The molecule has 1 atom stereocenters. The Bertz CT molecular complexity index is 381. The summed E-state index contributed by atoms with van der Waals surface area (Å²) in [4.78, 5) is 15.8. The molecule has 1 unspecified atom stereocenters. The van der Waals surface area contributed by atoms with Gasteiger partial charge < -0.3 is 10.6 Å². The van der Waals surface area contributed by atoms with Crippen molar-refractivity contribution in [2.24, 2.45) is 5.73 Å². The van der Waals surface area contributed by atoms with E-state index in [1.54, 1.807) is 11.3 Å². The molecule has 0 saturated carbocycles. The van der Waals surface area contributed by atoms with E-state index in [2.05, 4.69) is 22.4 Å². The van der Waals surface area contributed by atoms with Crippen molar-refractivity contribution in [1.29, 1.82) is 0 Å². The highest BCUT2D eigenvalue weighted by Gasteiger charge is 2.25. The molecule has 1 fully saturated rings. The maximum atomic E-state index is 12.3. The number of piperidine rings is 1. The van der Waals surface area contributed by atoms with Gasteiger partial charge in [0.25, 0.3) is 0 Å². The largest absolute Gasteiger partial charge is 0.340 e. The molecule has 1 aliphatic rings. The van der Waals surface area contributed by atoms with Gasteiger partial charge in [0.2, 0.25) is 5.91 Å². The van der Waals surface area contributed by atoms with Crippen molar-refractivity contribution in [3.63, 3.8) is 0 Å². The van der Waals surface area contributed by atoms with Crippen molar-refractivity contribution in [3.05, 3.63) is 22.4 Å². The van der Waals surface area contributed by atoms with Crippen molar-refractivity contribution in [2.75, 3.05) is 13.1 Å². The number of nitrogens with two attached hydrogens (primary N) is 1. The van der Waals surface area contributed by atoms with Gasteiger partial charge in [0.1, 0.15) is 0 Å². The summed E-state index contributed by atoms with van der Waals surface area (Å²) in [6.07, 6.45) is 7.15. The number of halogens is 1. The van der Waals surface area contributed by atoms with Gasteiger partial charge in [-0.1, -0.05) is 6.07 Å². The summed E-state index contributed by atoms with van der Waals surface area (Å²) >= 11 is 1.78. The number of hydrogen-bond acceptors (Lipinski definition) is 3. The Morgan fingerprint density at radius 1 is 1.45 bits per heavy atom. The summed E-state index contributed by atoms with van der Waals surface area (Å²) in [7, 11) is 0. The lowest BCUT2D eigenvalue weighted by atomic mass is 9.98. The number of carbonyl (C=O) groups is 1. The summed E-state index contributed by atoms with van der Waals surface area (Å²) in [6, 6.07) is 4.62. The van der Waals surface area contributed by atoms with Crippen LogP contribution in [0.2, 0.25) is 0 Å². The third-order valence-corrected chi connectivity index (χ3v) is 4.78. The molecule has 2 heterocycles. The van der Waals surface area contributed by atoms with Crippen LogP contribution in [0.4, 0.5) is 0 Å². The van der Waals surface area contributed by atoms with Crippen molar-refractivity contribution in [1.82, 2.24) is 4.90 Å². The summed E-state index contributed by atoms with van der Waals surface area (Å²) in [6.45, 7) is 1.62. The predicted octanol–water partition coefficient (Wildman–Crippen LogP) is 3.22. The zero-order valence-corrected chi connectivity index (χ0v) is 13.6. The Labute approximate surface area is 131 Å². The van der Waals surface area contributed by atoms with E-state index in [0.717, 1.165) is 38.6 Å². The molecule has 3 nitrogen and oxygen atoms in total. The van der Waals surface area contributed by atoms with E-state index >= 15 is 0 Å². The molecule has 0 bridgehead atoms. The second kappa shape index (κ2) is 9.37. The molecule has 1 saturated heterocycles. The van der Waals surface area contributed by atoms with Gasteiger partial charge in [-0.15, -0.1) is 23.7 Å². The number of hydrogen-bond donors (Lipinski definition) is 1. The maximum absolute atomic E-state index is 12.3. The van der Waals surface area contributed by atoms with E-state index in [0.29, 0.717) is 24.9 Å². The average Bonchev–Trinajstić information content (AvgIpc) is 2.93. The predicted molar refractivity (Wildman–Crippen MR) is 87.5 cm³/mol. The standard InChI is InChI=1S/C15H24N2OS.ClH/c16-10-9-13-5-1-2-11-17(13)15(18)8-3-6-14-7-4-12-19-14;/h4,7,12-13H,1-3,5-6,8-11,16H2;1H. The first kappa shape index (κ1) is 17.5. The van der Waals surface area contributed by atoms with Gasteiger partial charge >= 0.3 is 0 Å². The first-order chi connectivity index (χ1) is 9.31. The van der Waals surface area contributed by atoms with Crippen LogP contribution in [-0.4, -0.2) is 29.9 Å². The lowest BCUT2D eigenvalue weighted by molar-refractivity contribution is -0.135. The number of thiophene rings is 1. The van der Waals surface area contributed by atoms with Gasteiger partial charge in [0.05, 0.1) is 0 Å². The number of aryl methyl sites for hydroxylation is 1. The lowest BCUT2D eigenvalue weighted by Crippen LogP contribution is -2.44. The summed E-state index contributed by atoms with van der Waals surface area (Å²) < 4.78 is 0. The minimum atomic E-state index is 0. The van der Waals surface area contributed by atoms with E-state index in [1.165, 1.54) is 11.3 Å². The fourth-order valence-electron chi connectivity index (χ4n) is 2.83. The highest BCUT2D eigenvalue weighted by Crippen LogP contribution is 2.21. The second-order valence-corrected chi connectivity index (χ2v) is 6.28. The summed E-state index contributed by atoms with van der Waals surface area (Å²) in [5.41, 5.74) is 5.65. The molecule has 1 amide bonds. The molecule has 0 spiro atoms. The molecule has 0 aliphatic carbocycles. The van der Waals surface area contributed by atoms with E-state index in [-0.39, 0.29) is 12.4 Å². The van der Waals surface area contributed by atoms with Crippen LogP contribution in [-0.2, 0) is 11.2 Å². The quantitative estimate of drug-likeness (QED) is 0.876. The minimum Gasteiger partial charge on any atom is -0.340 e. The number of rotatable bonds is 6. The Balaban J connectivity index is 0.00000200. The van der Waals surface area contributed by atoms with Gasteiger partial charge in [-0.05, 0) is 56.5 Å². The van der Waals surface area contributed by atoms with Gasteiger partial charge in [-0.3, -0.25) is 4.79 Å². The van der Waals surface area contributed by atoms with Crippen LogP contribution in [0.1, 0.15) is 43.4 Å². The molecular weight excluding hydrogens is 292 g/mol. The fraction of sp³-hybridized carbons (Fsp3) is 0.667. The Morgan fingerprint density at radius 2 is 2.30 bits per heavy atom. The molecule has 0 radical (unpaired) electrons. The number of amides is 1. The van der Waals surface area contributed by atoms with Crippen LogP contribution in [0, 0.1) is 0 Å². The molecule has 114 valence electrons. The molecule has 2 N–H and O–H groups in total. The Hall–Kier alpha value is -0.580. The van der Waals surface area contributed by atoms with Gasteiger partial charge in [0.15, 0.2) is 0 Å². The number of likely N-dealkylation sites (tertiary alicyclic amines) is 1. The number of nitrogens with zero attached hydrogens (tertiary/aromatic N) is 1. The summed E-state index contributed by atoms with van der Waals surface area (Å²) in [5, 5.41) is 2.10. The first-order valence-electron chi connectivity index (χ1n) is 7.33. The highest BCUT2D eigenvalue weighted by molar-refractivity contribution is 7.09.